The number of halogens is 2. The van der Waals surface area contributed by atoms with Crippen LogP contribution in [0.3, 0.4) is 0 Å². The minimum atomic E-state index is -0.241. The molecule has 5 heteroatoms. The summed E-state index contributed by atoms with van der Waals surface area (Å²) >= 11 is 5.84. The van der Waals surface area contributed by atoms with Crippen molar-refractivity contribution in [3.8, 4) is 0 Å². The van der Waals surface area contributed by atoms with Crippen molar-refractivity contribution in [2.45, 2.75) is 19.3 Å². The summed E-state index contributed by atoms with van der Waals surface area (Å²) in [4.78, 5) is 4.32. The number of alkyl halides is 1. The molecule has 3 nitrogen and oxygen atoms in total. The van der Waals surface area contributed by atoms with E-state index in [-0.39, 0.29) is 5.82 Å². The maximum atomic E-state index is 13.4. The van der Waals surface area contributed by atoms with Gasteiger partial charge in [-0.25, -0.2) is 9.37 Å². The normalized spacial score (nSPS) is 11.3. The second-order valence-corrected chi connectivity index (χ2v) is 4.16. The van der Waals surface area contributed by atoms with E-state index in [1.165, 1.54) is 6.07 Å². The van der Waals surface area contributed by atoms with Crippen LogP contribution in [-0.4, -0.2) is 23.3 Å². The lowest BCUT2D eigenvalue weighted by atomic mass is 10.2. The molecule has 0 spiro atoms. The van der Waals surface area contributed by atoms with Gasteiger partial charge in [-0.2, -0.15) is 0 Å². The SMILES string of the molecule is COCCn1c(CCl)nc2cc(F)c(C)cc21. The zero-order valence-corrected chi connectivity index (χ0v) is 10.6. The van der Waals surface area contributed by atoms with Gasteiger partial charge in [-0.15, -0.1) is 11.6 Å². The molecule has 0 fully saturated rings. The molecular weight excluding hydrogens is 243 g/mol. The zero-order chi connectivity index (χ0) is 12.4. The predicted molar refractivity (Wildman–Crippen MR) is 65.9 cm³/mol. The van der Waals surface area contributed by atoms with Gasteiger partial charge in [-0.1, -0.05) is 0 Å². The monoisotopic (exact) mass is 256 g/mol. The predicted octanol–water partition coefficient (Wildman–Crippen LogP) is 2.87. The third kappa shape index (κ3) is 2.28. The summed E-state index contributed by atoms with van der Waals surface area (Å²) < 4.78 is 20.5. The molecule has 0 unspecified atom stereocenters. The molecule has 1 aromatic carbocycles. The lowest BCUT2D eigenvalue weighted by Gasteiger charge is -2.07. The standard InChI is InChI=1S/C12H14ClFN2O/c1-8-5-11-10(6-9(8)14)15-12(7-13)16(11)3-4-17-2/h5-6H,3-4,7H2,1-2H3. The first-order chi connectivity index (χ1) is 8.17. The van der Waals surface area contributed by atoms with E-state index in [4.69, 9.17) is 16.3 Å². The fourth-order valence-electron chi connectivity index (χ4n) is 1.83. The molecule has 1 heterocycles. The van der Waals surface area contributed by atoms with E-state index in [9.17, 15) is 4.39 Å². The molecule has 2 rings (SSSR count). The number of hydrogen-bond donors (Lipinski definition) is 0. The van der Waals surface area contributed by atoms with E-state index in [1.54, 1.807) is 20.1 Å². The molecule has 1 aromatic heterocycles. The topological polar surface area (TPSA) is 27.1 Å². The number of hydrogen-bond acceptors (Lipinski definition) is 2. The third-order valence-corrected chi connectivity index (χ3v) is 2.99. The molecule has 92 valence electrons. The highest BCUT2D eigenvalue weighted by atomic mass is 35.5. The van der Waals surface area contributed by atoms with Gasteiger partial charge in [0, 0.05) is 19.7 Å². The summed E-state index contributed by atoms with van der Waals surface area (Å²) in [5, 5.41) is 0. The van der Waals surface area contributed by atoms with Gasteiger partial charge in [0.05, 0.1) is 23.5 Å². The Morgan fingerprint density at radius 2 is 2.24 bits per heavy atom. The number of aryl methyl sites for hydroxylation is 1. The molecule has 0 saturated heterocycles. The Bertz CT molecular complexity index is 539. The van der Waals surface area contributed by atoms with Gasteiger partial charge in [0.2, 0.25) is 0 Å². The van der Waals surface area contributed by atoms with Crippen molar-refractivity contribution in [2.75, 3.05) is 13.7 Å². The van der Waals surface area contributed by atoms with Gasteiger partial charge in [0.15, 0.2) is 0 Å². The van der Waals surface area contributed by atoms with E-state index in [0.717, 1.165) is 11.3 Å². The Kier molecular flexibility index (Phi) is 3.64. The van der Waals surface area contributed by atoms with Crippen LogP contribution in [0, 0.1) is 12.7 Å². The van der Waals surface area contributed by atoms with Crippen LogP contribution in [0.15, 0.2) is 12.1 Å². The van der Waals surface area contributed by atoms with E-state index in [0.29, 0.717) is 30.1 Å². The fraction of sp³-hybridized carbons (Fsp3) is 0.417. The van der Waals surface area contributed by atoms with Crippen LogP contribution in [0.1, 0.15) is 11.4 Å². The van der Waals surface area contributed by atoms with E-state index < -0.39 is 0 Å². The van der Waals surface area contributed by atoms with Crippen LogP contribution in [-0.2, 0) is 17.2 Å². The van der Waals surface area contributed by atoms with Crippen molar-refractivity contribution in [1.82, 2.24) is 9.55 Å². The molecule has 0 aliphatic rings. The lowest BCUT2D eigenvalue weighted by Crippen LogP contribution is -2.07. The number of ether oxygens (including phenoxy) is 1. The largest absolute Gasteiger partial charge is 0.383 e. The quantitative estimate of drug-likeness (QED) is 0.787. The molecule has 0 bridgehead atoms. The van der Waals surface area contributed by atoms with Crippen LogP contribution in [0.25, 0.3) is 11.0 Å². The van der Waals surface area contributed by atoms with E-state index >= 15 is 0 Å². The molecule has 0 aliphatic heterocycles. The molecule has 0 atom stereocenters. The number of fused-ring (bicyclic) bond motifs is 1. The summed E-state index contributed by atoms with van der Waals surface area (Å²) in [6.07, 6.45) is 0. The molecule has 0 aliphatic carbocycles. The minimum absolute atomic E-state index is 0.241. The van der Waals surface area contributed by atoms with Gasteiger partial charge in [0.1, 0.15) is 11.6 Å². The van der Waals surface area contributed by atoms with Crippen molar-refractivity contribution in [3.05, 3.63) is 29.3 Å². The van der Waals surface area contributed by atoms with Crippen LogP contribution < -0.4 is 0 Å². The molecule has 0 N–H and O–H groups in total. The number of imidazole rings is 1. The summed E-state index contributed by atoms with van der Waals surface area (Å²) in [6.45, 7) is 2.98. The molecule has 17 heavy (non-hydrogen) atoms. The van der Waals surface area contributed by atoms with Gasteiger partial charge < -0.3 is 9.30 Å². The Morgan fingerprint density at radius 3 is 2.88 bits per heavy atom. The van der Waals surface area contributed by atoms with Crippen LogP contribution in [0.4, 0.5) is 4.39 Å². The zero-order valence-electron chi connectivity index (χ0n) is 9.83. The molecule has 2 aromatic rings. The second-order valence-electron chi connectivity index (χ2n) is 3.90. The van der Waals surface area contributed by atoms with Crippen LogP contribution in [0.2, 0.25) is 0 Å². The van der Waals surface area contributed by atoms with Gasteiger partial charge in [0.25, 0.3) is 0 Å². The smallest absolute Gasteiger partial charge is 0.128 e. The van der Waals surface area contributed by atoms with Gasteiger partial charge >= 0.3 is 0 Å². The van der Waals surface area contributed by atoms with Crippen LogP contribution >= 0.6 is 11.6 Å². The third-order valence-electron chi connectivity index (χ3n) is 2.75. The fourth-order valence-corrected chi connectivity index (χ4v) is 2.04. The first-order valence-corrected chi connectivity index (χ1v) is 5.91. The van der Waals surface area contributed by atoms with E-state index in [2.05, 4.69) is 4.98 Å². The maximum absolute atomic E-state index is 13.4. The van der Waals surface area contributed by atoms with Crippen molar-refractivity contribution in [2.24, 2.45) is 0 Å². The van der Waals surface area contributed by atoms with Crippen molar-refractivity contribution >= 4 is 22.6 Å². The minimum Gasteiger partial charge on any atom is -0.383 e. The number of rotatable bonds is 4. The summed E-state index contributed by atoms with van der Waals surface area (Å²) in [6, 6.07) is 3.24. The van der Waals surface area contributed by atoms with E-state index in [1.807, 2.05) is 4.57 Å². The number of aromatic nitrogens is 2. The number of methoxy groups -OCH3 is 1. The number of nitrogens with zero attached hydrogens (tertiary/aromatic N) is 2. The first-order valence-electron chi connectivity index (χ1n) is 5.37. The highest BCUT2D eigenvalue weighted by molar-refractivity contribution is 6.16. The van der Waals surface area contributed by atoms with Gasteiger partial charge in [-0.3, -0.25) is 0 Å². The highest BCUT2D eigenvalue weighted by Gasteiger charge is 2.11. The molecule has 0 radical (unpaired) electrons. The molecule has 0 amide bonds. The first kappa shape index (κ1) is 12.3. The van der Waals surface area contributed by atoms with Crippen molar-refractivity contribution < 1.29 is 9.13 Å². The maximum Gasteiger partial charge on any atom is 0.128 e. The summed E-state index contributed by atoms with van der Waals surface area (Å²) in [7, 11) is 1.64. The van der Waals surface area contributed by atoms with Crippen molar-refractivity contribution in [1.29, 1.82) is 0 Å². The Morgan fingerprint density at radius 1 is 1.47 bits per heavy atom. The summed E-state index contributed by atoms with van der Waals surface area (Å²) in [5.41, 5.74) is 2.15. The highest BCUT2D eigenvalue weighted by Crippen LogP contribution is 2.21. The second kappa shape index (κ2) is 5.02. The average Bonchev–Trinajstić information content (AvgIpc) is 2.64. The molecular formula is C12H14ClFN2O. The summed E-state index contributed by atoms with van der Waals surface area (Å²) in [5.74, 6) is 0.803. The van der Waals surface area contributed by atoms with Crippen LogP contribution in [0.5, 0.6) is 0 Å². The average molecular weight is 257 g/mol. The van der Waals surface area contributed by atoms with Gasteiger partial charge in [-0.05, 0) is 18.6 Å². The van der Waals surface area contributed by atoms with Crippen molar-refractivity contribution in [3.63, 3.8) is 0 Å². The number of benzene rings is 1. The Hall–Kier alpha value is -1.13. The lowest BCUT2D eigenvalue weighted by molar-refractivity contribution is 0.187. The molecule has 0 saturated carbocycles. The Balaban J connectivity index is 2.57. The Labute approximate surface area is 104 Å².